The van der Waals surface area contributed by atoms with Crippen LogP contribution in [0.3, 0.4) is 0 Å². The Balaban J connectivity index is 4.51. The van der Waals surface area contributed by atoms with Crippen LogP contribution < -0.4 is 0 Å². The summed E-state index contributed by atoms with van der Waals surface area (Å²) in [5, 5.41) is 0. The first-order valence-electron chi connectivity index (χ1n) is 28.6. The van der Waals surface area contributed by atoms with E-state index in [-0.39, 0.29) is 38.0 Å². The number of ether oxygens (including phenoxy) is 3. The molecule has 0 aliphatic carbocycles. The zero-order valence-electron chi connectivity index (χ0n) is 46.3. The summed E-state index contributed by atoms with van der Waals surface area (Å²) in [6, 6.07) is 0. The average Bonchev–Trinajstić information content (AvgIpc) is 3.39. The van der Waals surface area contributed by atoms with Gasteiger partial charge in [0, 0.05) is 12.8 Å². The normalized spacial score (nSPS) is 13.4. The number of hydrogen-bond acceptors (Lipinski definition) is 6. The largest absolute Gasteiger partial charge is 0.462 e. The van der Waals surface area contributed by atoms with Crippen molar-refractivity contribution in [2.24, 2.45) is 0 Å². The van der Waals surface area contributed by atoms with E-state index in [1.807, 2.05) is 6.08 Å². The Hall–Kier alpha value is -5.23. The predicted molar refractivity (Wildman–Crippen MR) is 315 cm³/mol. The van der Waals surface area contributed by atoms with E-state index in [2.05, 4.69) is 179 Å². The highest BCUT2D eigenvalue weighted by Gasteiger charge is 2.19. The van der Waals surface area contributed by atoms with Crippen molar-refractivity contribution < 1.29 is 28.6 Å². The molecule has 1 atom stereocenters. The lowest BCUT2D eigenvalue weighted by molar-refractivity contribution is -0.166. The third-order valence-electron chi connectivity index (χ3n) is 11.2. The van der Waals surface area contributed by atoms with Gasteiger partial charge >= 0.3 is 17.9 Å². The lowest BCUT2D eigenvalue weighted by Gasteiger charge is -2.18. The van der Waals surface area contributed by atoms with Crippen LogP contribution in [0.5, 0.6) is 0 Å². The van der Waals surface area contributed by atoms with Crippen molar-refractivity contribution in [3.8, 4) is 0 Å². The maximum atomic E-state index is 12.8. The molecule has 406 valence electrons. The van der Waals surface area contributed by atoms with Gasteiger partial charge in [-0.1, -0.05) is 255 Å². The topological polar surface area (TPSA) is 78.9 Å². The van der Waals surface area contributed by atoms with E-state index in [1.165, 1.54) is 51.4 Å². The molecule has 6 heteroatoms. The maximum Gasteiger partial charge on any atom is 0.310 e. The first-order chi connectivity index (χ1) is 36.0. The Morgan fingerprint density at radius 3 is 0.904 bits per heavy atom. The summed E-state index contributed by atoms with van der Waals surface area (Å²) in [7, 11) is 0. The van der Waals surface area contributed by atoms with Gasteiger partial charge in [0.2, 0.25) is 0 Å². The fourth-order valence-corrected chi connectivity index (χ4v) is 7.05. The molecule has 0 aliphatic rings. The SMILES string of the molecule is CC/C=C\C/C=C\C/C=C\C/C=C\C/C=C\C/C=C\C/C=C\C/C=C\C/C=C\CCCC(=O)OCC(COC(=O)CCCCCCCCCCCCC)OC(=O)C/C=C\C/C=C\C/C=C\C/C=C\C/C=C\CC. The Kier molecular flexibility index (Phi) is 55.1. The zero-order chi connectivity index (χ0) is 52.9. The summed E-state index contributed by atoms with van der Waals surface area (Å²) >= 11 is 0. The third kappa shape index (κ3) is 57.5. The van der Waals surface area contributed by atoms with E-state index < -0.39 is 12.1 Å². The second-order valence-corrected chi connectivity index (χ2v) is 18.1. The third-order valence-corrected chi connectivity index (χ3v) is 11.2. The Morgan fingerprint density at radius 1 is 0.301 bits per heavy atom. The minimum absolute atomic E-state index is 0.0773. The summed E-state index contributed by atoms with van der Waals surface area (Å²) < 4.78 is 16.6. The summed E-state index contributed by atoms with van der Waals surface area (Å²) in [6.07, 6.45) is 88.1. The molecule has 0 saturated carbocycles. The van der Waals surface area contributed by atoms with E-state index in [4.69, 9.17) is 14.2 Å². The van der Waals surface area contributed by atoms with Gasteiger partial charge in [-0.25, -0.2) is 0 Å². The van der Waals surface area contributed by atoms with Crippen molar-refractivity contribution in [2.45, 2.75) is 219 Å². The van der Waals surface area contributed by atoms with Gasteiger partial charge in [-0.05, 0) is 109 Å². The van der Waals surface area contributed by atoms with E-state index in [0.29, 0.717) is 19.3 Å². The van der Waals surface area contributed by atoms with Gasteiger partial charge in [-0.15, -0.1) is 0 Å². The van der Waals surface area contributed by atoms with Gasteiger partial charge < -0.3 is 14.2 Å². The summed E-state index contributed by atoms with van der Waals surface area (Å²) in [5.41, 5.74) is 0. The Labute approximate surface area is 447 Å². The van der Waals surface area contributed by atoms with Crippen LogP contribution in [0.25, 0.3) is 0 Å². The standard InChI is InChI=1S/C67H102O6/c1-4-7-10-13-16-19-22-24-26-27-28-29-30-31-32-33-34-35-36-37-38-39-41-42-45-48-51-54-57-60-66(69)72-63-64(62-71-65(68)59-56-53-50-47-44-21-18-15-12-9-6-3)73-67(70)61-58-55-52-49-46-43-40-25-23-20-17-14-11-8-5-2/h7-8,10-11,16-17,19-20,24-26,28-29,31-32,34-35,37-38,40-42,46,48-49,51,55,58,64H,4-6,9,12-15,18,21-23,27,30,33,36,39,43-45,47,50,52-54,56-57,59-63H2,1-3H3/b10-7-,11-8-,19-16-,20-17-,26-24-,29-28-,32-31-,35-34-,38-37-,40-25-,42-41-,49-46-,51-48-,58-55-. The number of unbranched alkanes of at least 4 members (excludes halogenated alkanes) is 11. The fourth-order valence-electron chi connectivity index (χ4n) is 7.05. The van der Waals surface area contributed by atoms with Crippen molar-refractivity contribution >= 4 is 17.9 Å². The van der Waals surface area contributed by atoms with Crippen LogP contribution >= 0.6 is 0 Å². The average molecular weight is 1000 g/mol. The summed E-state index contributed by atoms with van der Waals surface area (Å²) in [4.78, 5) is 38.0. The monoisotopic (exact) mass is 1000 g/mol. The van der Waals surface area contributed by atoms with Gasteiger partial charge in [-0.2, -0.15) is 0 Å². The molecule has 73 heavy (non-hydrogen) atoms. The van der Waals surface area contributed by atoms with Crippen molar-refractivity contribution in [3.63, 3.8) is 0 Å². The van der Waals surface area contributed by atoms with Gasteiger partial charge in [0.05, 0.1) is 6.42 Å². The second kappa shape index (κ2) is 59.3. The molecule has 0 rings (SSSR count). The van der Waals surface area contributed by atoms with Crippen molar-refractivity contribution in [2.75, 3.05) is 13.2 Å². The van der Waals surface area contributed by atoms with Crippen LogP contribution in [-0.2, 0) is 28.6 Å². The first-order valence-corrected chi connectivity index (χ1v) is 28.6. The molecule has 0 aromatic heterocycles. The number of carbonyl (C=O) groups excluding carboxylic acids is 3. The van der Waals surface area contributed by atoms with E-state index in [9.17, 15) is 14.4 Å². The lowest BCUT2D eigenvalue weighted by atomic mass is 10.1. The zero-order valence-corrected chi connectivity index (χ0v) is 46.3. The summed E-state index contributed by atoms with van der Waals surface area (Å²) in [6.45, 7) is 6.24. The number of carbonyl (C=O) groups is 3. The maximum absolute atomic E-state index is 12.8. The van der Waals surface area contributed by atoms with Crippen LogP contribution in [0.4, 0.5) is 0 Å². The molecule has 0 N–H and O–H groups in total. The molecule has 0 spiro atoms. The first kappa shape index (κ1) is 67.8. The van der Waals surface area contributed by atoms with Crippen molar-refractivity contribution in [1.29, 1.82) is 0 Å². The molecular weight excluding hydrogens is 901 g/mol. The molecule has 1 unspecified atom stereocenters. The molecule has 0 aromatic carbocycles. The second-order valence-electron chi connectivity index (χ2n) is 18.1. The molecule has 0 bridgehead atoms. The number of rotatable bonds is 49. The highest BCUT2D eigenvalue weighted by atomic mass is 16.6. The quantitative estimate of drug-likeness (QED) is 0.0261. The van der Waals surface area contributed by atoms with Crippen LogP contribution in [0.1, 0.15) is 213 Å². The lowest BCUT2D eigenvalue weighted by Crippen LogP contribution is -2.30. The molecule has 6 nitrogen and oxygen atoms in total. The van der Waals surface area contributed by atoms with Crippen LogP contribution in [0.15, 0.2) is 170 Å². The molecule has 0 aromatic rings. The van der Waals surface area contributed by atoms with Gasteiger partial charge in [-0.3, -0.25) is 14.4 Å². The smallest absolute Gasteiger partial charge is 0.310 e. The van der Waals surface area contributed by atoms with Crippen LogP contribution in [0, 0.1) is 0 Å². The molecular formula is C67H102O6. The number of hydrogen-bond donors (Lipinski definition) is 0. The number of allylic oxidation sites excluding steroid dienone is 27. The van der Waals surface area contributed by atoms with E-state index >= 15 is 0 Å². The fraction of sp³-hybridized carbons (Fsp3) is 0.537. The molecule has 0 heterocycles. The minimum Gasteiger partial charge on any atom is -0.462 e. The molecule has 0 amide bonds. The van der Waals surface area contributed by atoms with Crippen molar-refractivity contribution in [3.05, 3.63) is 170 Å². The Bertz CT molecular complexity index is 1720. The van der Waals surface area contributed by atoms with Gasteiger partial charge in [0.1, 0.15) is 13.2 Å². The highest BCUT2D eigenvalue weighted by Crippen LogP contribution is 2.13. The van der Waals surface area contributed by atoms with E-state index in [0.717, 1.165) is 109 Å². The minimum atomic E-state index is -0.862. The number of esters is 3. The van der Waals surface area contributed by atoms with E-state index in [1.54, 1.807) is 6.08 Å². The summed E-state index contributed by atoms with van der Waals surface area (Å²) in [5.74, 6) is -1.15. The highest BCUT2D eigenvalue weighted by molar-refractivity contribution is 5.72. The van der Waals surface area contributed by atoms with Crippen LogP contribution in [-0.4, -0.2) is 37.2 Å². The van der Waals surface area contributed by atoms with Crippen molar-refractivity contribution in [1.82, 2.24) is 0 Å². The molecule has 0 aliphatic heterocycles. The molecule has 0 fully saturated rings. The van der Waals surface area contributed by atoms with Gasteiger partial charge in [0.15, 0.2) is 6.10 Å². The Morgan fingerprint density at radius 2 is 0.575 bits per heavy atom. The molecule has 0 saturated heterocycles. The van der Waals surface area contributed by atoms with Gasteiger partial charge in [0.25, 0.3) is 0 Å². The van der Waals surface area contributed by atoms with Crippen LogP contribution in [0.2, 0.25) is 0 Å². The predicted octanol–water partition coefficient (Wildman–Crippen LogP) is 19.5. The molecule has 0 radical (unpaired) electrons.